The number of pyridine rings is 1. The molecule has 0 amide bonds. The summed E-state index contributed by atoms with van der Waals surface area (Å²) in [5, 5.41) is 5.97. The minimum absolute atomic E-state index is 0.0207. The van der Waals surface area contributed by atoms with Gasteiger partial charge in [0.2, 0.25) is 11.9 Å². The Bertz CT molecular complexity index is 1050. The van der Waals surface area contributed by atoms with E-state index in [9.17, 15) is 17.6 Å². The van der Waals surface area contributed by atoms with Gasteiger partial charge in [-0.25, -0.2) is 9.37 Å². The minimum Gasteiger partial charge on any atom is -0.349 e. The number of alkyl halides is 3. The highest BCUT2D eigenvalue weighted by atomic mass is 35.5. The molecule has 0 aliphatic heterocycles. The molecule has 6 nitrogen and oxygen atoms in total. The fourth-order valence-electron chi connectivity index (χ4n) is 2.41. The van der Waals surface area contributed by atoms with Crippen molar-refractivity contribution in [3.8, 4) is 11.5 Å². The second kappa shape index (κ2) is 8.02. The van der Waals surface area contributed by atoms with Gasteiger partial charge in [0, 0.05) is 16.2 Å². The van der Waals surface area contributed by atoms with Crippen LogP contribution in [0.2, 0.25) is 5.02 Å². The fraction of sp³-hybridized carbons (Fsp3) is 0.263. The number of aromatic nitrogens is 4. The van der Waals surface area contributed by atoms with E-state index in [2.05, 4.69) is 30.6 Å². The third-order valence-corrected chi connectivity index (χ3v) is 3.73. The topological polar surface area (TPSA) is 75.6 Å². The molecule has 2 aromatic heterocycles. The van der Waals surface area contributed by atoms with Crippen LogP contribution in [0.4, 0.5) is 35.1 Å². The Morgan fingerprint density at radius 1 is 0.900 bits per heavy atom. The summed E-state index contributed by atoms with van der Waals surface area (Å²) in [6.45, 7) is 5.58. The monoisotopic (exact) mass is 440 g/mol. The number of nitrogens with one attached hydrogen (secondary N) is 2. The third kappa shape index (κ3) is 5.76. The van der Waals surface area contributed by atoms with Crippen LogP contribution in [-0.4, -0.2) is 25.5 Å². The highest BCUT2D eigenvalue weighted by Gasteiger charge is 2.32. The van der Waals surface area contributed by atoms with Crippen molar-refractivity contribution in [3.05, 3.63) is 52.9 Å². The fourth-order valence-corrected chi connectivity index (χ4v) is 2.63. The molecule has 0 saturated carbocycles. The molecule has 2 heterocycles. The van der Waals surface area contributed by atoms with Gasteiger partial charge in [0.25, 0.3) is 0 Å². The Hall–Kier alpha value is -3.01. The van der Waals surface area contributed by atoms with Crippen LogP contribution in [-0.2, 0) is 6.18 Å². The number of halogens is 5. The van der Waals surface area contributed by atoms with E-state index in [4.69, 9.17) is 11.6 Å². The summed E-state index contributed by atoms with van der Waals surface area (Å²) < 4.78 is 52.7. The number of hydrogen-bond donors (Lipinski definition) is 2. The molecule has 0 saturated heterocycles. The van der Waals surface area contributed by atoms with Gasteiger partial charge in [0.05, 0.1) is 0 Å². The van der Waals surface area contributed by atoms with Crippen LogP contribution in [0.25, 0.3) is 11.5 Å². The summed E-state index contributed by atoms with van der Waals surface area (Å²) in [6, 6.07) is 7.18. The zero-order chi connectivity index (χ0) is 22.1. The van der Waals surface area contributed by atoms with Crippen molar-refractivity contribution in [1.82, 2.24) is 19.9 Å². The number of anilines is 3. The summed E-state index contributed by atoms with van der Waals surface area (Å²) in [7, 11) is 0. The first-order valence-electron chi connectivity index (χ1n) is 8.71. The Labute approximate surface area is 174 Å². The van der Waals surface area contributed by atoms with Crippen LogP contribution in [0.15, 0.2) is 36.4 Å². The van der Waals surface area contributed by atoms with Gasteiger partial charge in [0.15, 0.2) is 5.82 Å². The van der Waals surface area contributed by atoms with Gasteiger partial charge in [-0.05, 0) is 51.1 Å². The smallest absolute Gasteiger partial charge is 0.349 e. The lowest BCUT2D eigenvalue weighted by atomic mass is 10.1. The van der Waals surface area contributed by atoms with Gasteiger partial charge in [0.1, 0.15) is 17.2 Å². The minimum atomic E-state index is -4.62. The molecule has 30 heavy (non-hydrogen) atoms. The molecule has 2 N–H and O–H groups in total. The molecule has 0 atom stereocenters. The highest BCUT2D eigenvalue weighted by molar-refractivity contribution is 6.30. The first-order valence-corrected chi connectivity index (χ1v) is 9.09. The zero-order valence-electron chi connectivity index (χ0n) is 16.1. The first kappa shape index (κ1) is 21.7. The van der Waals surface area contributed by atoms with E-state index in [1.807, 2.05) is 20.8 Å². The molecular weight excluding hydrogens is 424 g/mol. The van der Waals surface area contributed by atoms with Crippen LogP contribution >= 0.6 is 11.6 Å². The maximum absolute atomic E-state index is 13.6. The molecule has 3 rings (SSSR count). The molecule has 0 radical (unpaired) electrons. The highest BCUT2D eigenvalue weighted by Crippen LogP contribution is 2.29. The molecule has 0 fully saturated rings. The maximum Gasteiger partial charge on any atom is 0.433 e. The predicted molar refractivity (Wildman–Crippen MR) is 106 cm³/mol. The van der Waals surface area contributed by atoms with Gasteiger partial charge in [-0.3, -0.25) is 0 Å². The molecule has 0 aliphatic carbocycles. The Morgan fingerprint density at radius 2 is 1.60 bits per heavy atom. The molecule has 0 unspecified atom stereocenters. The average molecular weight is 441 g/mol. The molecule has 11 heteroatoms. The van der Waals surface area contributed by atoms with Crippen molar-refractivity contribution in [2.75, 3.05) is 10.6 Å². The van der Waals surface area contributed by atoms with E-state index in [0.29, 0.717) is 0 Å². The van der Waals surface area contributed by atoms with Crippen molar-refractivity contribution >= 4 is 29.2 Å². The summed E-state index contributed by atoms with van der Waals surface area (Å²) in [4.78, 5) is 16.2. The van der Waals surface area contributed by atoms with Crippen LogP contribution in [0.1, 0.15) is 26.5 Å². The molecule has 1 aromatic carbocycles. The standard InChI is InChI=1S/C19H17ClF4N6/c1-18(2,3)30-17-28-15(13-5-4-6-14(26-13)19(22,23)24)27-16(29-17)25-12-8-10(20)7-11(21)9-12/h4-9H,1-3H3,(H2,25,27,28,29,30). The summed E-state index contributed by atoms with van der Waals surface area (Å²) in [5.41, 5.74) is -1.35. The number of nitrogens with zero attached hydrogens (tertiary/aromatic N) is 4. The lowest BCUT2D eigenvalue weighted by molar-refractivity contribution is -0.141. The van der Waals surface area contributed by atoms with Gasteiger partial charge >= 0.3 is 6.18 Å². The lowest BCUT2D eigenvalue weighted by Gasteiger charge is -2.21. The summed E-state index contributed by atoms with van der Waals surface area (Å²) in [6.07, 6.45) is -4.62. The van der Waals surface area contributed by atoms with Crippen LogP contribution in [0.5, 0.6) is 0 Å². The van der Waals surface area contributed by atoms with Gasteiger partial charge < -0.3 is 10.6 Å². The molecule has 0 aliphatic rings. The van der Waals surface area contributed by atoms with E-state index < -0.39 is 23.2 Å². The molecule has 0 spiro atoms. The van der Waals surface area contributed by atoms with Crippen LogP contribution in [0, 0.1) is 5.82 Å². The second-order valence-electron chi connectivity index (χ2n) is 7.37. The van der Waals surface area contributed by atoms with Gasteiger partial charge in [-0.15, -0.1) is 0 Å². The van der Waals surface area contributed by atoms with E-state index in [0.717, 1.165) is 12.1 Å². The summed E-state index contributed by atoms with van der Waals surface area (Å²) in [5.74, 6) is -0.580. The van der Waals surface area contributed by atoms with Crippen LogP contribution in [0.3, 0.4) is 0 Å². The first-order chi connectivity index (χ1) is 13.9. The van der Waals surface area contributed by atoms with Gasteiger partial charge in [-0.1, -0.05) is 17.7 Å². The van der Waals surface area contributed by atoms with E-state index in [1.165, 1.54) is 24.3 Å². The number of benzene rings is 1. The normalized spacial score (nSPS) is 12.0. The SMILES string of the molecule is CC(C)(C)Nc1nc(Nc2cc(F)cc(Cl)c2)nc(-c2cccc(C(F)(F)F)n2)n1. The lowest BCUT2D eigenvalue weighted by Crippen LogP contribution is -2.27. The van der Waals surface area contributed by atoms with Gasteiger partial charge in [-0.2, -0.15) is 28.1 Å². The maximum atomic E-state index is 13.6. The van der Waals surface area contributed by atoms with Crippen molar-refractivity contribution in [2.24, 2.45) is 0 Å². The quantitative estimate of drug-likeness (QED) is 0.507. The Morgan fingerprint density at radius 3 is 2.23 bits per heavy atom. The molecule has 0 bridgehead atoms. The third-order valence-electron chi connectivity index (χ3n) is 3.51. The zero-order valence-corrected chi connectivity index (χ0v) is 16.9. The average Bonchev–Trinajstić information content (AvgIpc) is 2.58. The number of hydrogen-bond acceptors (Lipinski definition) is 6. The van der Waals surface area contributed by atoms with Crippen molar-refractivity contribution in [2.45, 2.75) is 32.5 Å². The number of rotatable bonds is 4. The molecular formula is C19H17ClF4N6. The van der Waals surface area contributed by atoms with E-state index in [1.54, 1.807) is 0 Å². The van der Waals surface area contributed by atoms with Crippen molar-refractivity contribution in [1.29, 1.82) is 0 Å². The predicted octanol–water partition coefficient (Wildman–Crippen LogP) is 5.70. The Balaban J connectivity index is 2.06. The second-order valence-corrected chi connectivity index (χ2v) is 7.81. The van der Waals surface area contributed by atoms with Crippen molar-refractivity contribution < 1.29 is 17.6 Å². The Kier molecular flexibility index (Phi) is 5.80. The molecule has 158 valence electrons. The summed E-state index contributed by atoms with van der Waals surface area (Å²) >= 11 is 5.86. The molecule has 3 aromatic rings. The largest absolute Gasteiger partial charge is 0.433 e. The van der Waals surface area contributed by atoms with E-state index in [-0.39, 0.29) is 34.1 Å². The van der Waals surface area contributed by atoms with E-state index >= 15 is 0 Å². The van der Waals surface area contributed by atoms with Crippen LogP contribution < -0.4 is 10.6 Å². The van der Waals surface area contributed by atoms with Crippen molar-refractivity contribution in [3.63, 3.8) is 0 Å².